The summed E-state index contributed by atoms with van der Waals surface area (Å²) in [4.78, 5) is 31.3. The van der Waals surface area contributed by atoms with Gasteiger partial charge in [0.05, 0.1) is 11.9 Å². The number of carbonyl (C=O) groups is 2. The Balaban J connectivity index is 1.37. The Kier molecular flexibility index (Phi) is 4.75. The summed E-state index contributed by atoms with van der Waals surface area (Å²) in [6.07, 6.45) is 16.3. The largest absolute Gasteiger partial charge is 0.338 e. The molecule has 1 aromatic rings. The zero-order chi connectivity index (χ0) is 20.9. The molecule has 2 heterocycles. The summed E-state index contributed by atoms with van der Waals surface area (Å²) >= 11 is 0. The number of hydrogen-bond acceptors (Lipinski definition) is 3. The molecule has 160 valence electrons. The Morgan fingerprint density at radius 1 is 1.23 bits per heavy atom. The van der Waals surface area contributed by atoms with Crippen LogP contribution in [0.4, 0.5) is 5.69 Å². The van der Waals surface area contributed by atoms with E-state index in [-0.39, 0.29) is 22.6 Å². The van der Waals surface area contributed by atoms with E-state index < -0.39 is 0 Å². The van der Waals surface area contributed by atoms with Gasteiger partial charge in [-0.05, 0) is 79.9 Å². The van der Waals surface area contributed by atoms with Crippen molar-refractivity contribution in [2.45, 2.75) is 64.3 Å². The molecule has 1 N–H and O–H groups in total. The van der Waals surface area contributed by atoms with E-state index in [1.807, 2.05) is 24.1 Å². The van der Waals surface area contributed by atoms with Gasteiger partial charge in [0, 0.05) is 31.1 Å². The number of anilines is 1. The summed E-state index contributed by atoms with van der Waals surface area (Å²) in [7, 11) is 1.97. The van der Waals surface area contributed by atoms with Gasteiger partial charge in [-0.25, -0.2) is 0 Å². The normalized spacial score (nSPS) is 39.8. The summed E-state index contributed by atoms with van der Waals surface area (Å²) in [5, 5.41) is 3.08. The van der Waals surface area contributed by atoms with Gasteiger partial charge in [0.2, 0.25) is 11.8 Å². The van der Waals surface area contributed by atoms with Crippen molar-refractivity contribution >= 4 is 17.5 Å². The predicted molar refractivity (Wildman–Crippen MR) is 117 cm³/mol. The van der Waals surface area contributed by atoms with E-state index in [4.69, 9.17) is 0 Å². The van der Waals surface area contributed by atoms with Gasteiger partial charge in [-0.1, -0.05) is 19.4 Å². The number of amides is 2. The van der Waals surface area contributed by atoms with Gasteiger partial charge >= 0.3 is 0 Å². The Hall–Kier alpha value is -2.17. The summed E-state index contributed by atoms with van der Waals surface area (Å²) in [5.74, 6) is 2.19. The second-order valence-electron chi connectivity index (χ2n) is 10.4. The number of aromatic nitrogens is 1. The summed E-state index contributed by atoms with van der Waals surface area (Å²) < 4.78 is 0. The first kappa shape index (κ1) is 19.8. The lowest BCUT2D eigenvalue weighted by molar-refractivity contribution is -0.140. The molecule has 5 heteroatoms. The van der Waals surface area contributed by atoms with Crippen LogP contribution in [0.15, 0.2) is 36.7 Å². The van der Waals surface area contributed by atoms with E-state index in [2.05, 4.69) is 23.3 Å². The molecule has 0 bridgehead atoms. The number of nitrogens with one attached hydrogen (secondary N) is 1. The highest BCUT2D eigenvalue weighted by Gasteiger charge is 2.59. The molecular formula is C25H33N3O2. The second kappa shape index (κ2) is 7.21. The first-order valence-corrected chi connectivity index (χ1v) is 11.6. The molecule has 0 saturated heterocycles. The van der Waals surface area contributed by atoms with Gasteiger partial charge in [-0.3, -0.25) is 14.6 Å². The average molecular weight is 408 g/mol. The predicted octanol–water partition coefficient (Wildman–Crippen LogP) is 4.42. The topological polar surface area (TPSA) is 62.3 Å². The first-order chi connectivity index (χ1) is 14.4. The van der Waals surface area contributed by atoms with Crippen LogP contribution in [0.2, 0.25) is 0 Å². The zero-order valence-corrected chi connectivity index (χ0v) is 18.1. The van der Waals surface area contributed by atoms with E-state index in [9.17, 15) is 9.59 Å². The number of likely N-dealkylation sites (N-methyl/N-ethyl adjacent to an activating group) is 1. The smallest absolute Gasteiger partial charge is 0.246 e. The van der Waals surface area contributed by atoms with Crippen molar-refractivity contribution in [2.75, 3.05) is 12.4 Å². The van der Waals surface area contributed by atoms with Crippen molar-refractivity contribution in [1.29, 1.82) is 0 Å². The van der Waals surface area contributed by atoms with Crippen LogP contribution in [0.5, 0.6) is 0 Å². The van der Waals surface area contributed by atoms with Crippen LogP contribution >= 0.6 is 0 Å². The fraction of sp³-hybridized carbons (Fsp3) is 0.640. The number of hydrogen-bond donors (Lipinski definition) is 1. The minimum absolute atomic E-state index is 0.0678. The Morgan fingerprint density at radius 2 is 2.10 bits per heavy atom. The molecule has 0 aromatic carbocycles. The maximum Gasteiger partial charge on any atom is 0.246 e. The monoisotopic (exact) mass is 407 g/mol. The van der Waals surface area contributed by atoms with Crippen molar-refractivity contribution in [3.05, 3.63) is 36.7 Å². The molecule has 4 aliphatic rings. The molecule has 3 fully saturated rings. The second-order valence-corrected chi connectivity index (χ2v) is 10.4. The maximum atomic E-state index is 13.0. The molecule has 1 aliphatic heterocycles. The number of rotatable bonds is 3. The average Bonchev–Trinajstić information content (AvgIpc) is 3.15. The van der Waals surface area contributed by atoms with Gasteiger partial charge in [0.15, 0.2) is 0 Å². The lowest BCUT2D eigenvalue weighted by Crippen LogP contribution is -2.59. The quantitative estimate of drug-likeness (QED) is 0.807. The Morgan fingerprint density at radius 3 is 2.90 bits per heavy atom. The van der Waals surface area contributed by atoms with Crippen LogP contribution in [-0.2, 0) is 9.59 Å². The van der Waals surface area contributed by atoms with Crippen LogP contribution in [0.1, 0.15) is 58.3 Å². The van der Waals surface area contributed by atoms with E-state index in [1.165, 1.54) is 32.1 Å². The Bertz CT molecular complexity index is 868. The molecule has 30 heavy (non-hydrogen) atoms. The highest BCUT2D eigenvalue weighted by atomic mass is 16.2. The number of pyridine rings is 1. The summed E-state index contributed by atoms with van der Waals surface area (Å²) in [6.45, 7) is 2.38. The third-order valence-electron chi connectivity index (χ3n) is 9.11. The molecule has 1 aromatic heterocycles. The Labute approximate surface area is 179 Å². The van der Waals surface area contributed by atoms with Crippen LogP contribution < -0.4 is 5.32 Å². The van der Waals surface area contributed by atoms with Gasteiger partial charge in [0.1, 0.15) is 0 Å². The molecule has 6 atom stereocenters. The van der Waals surface area contributed by atoms with Gasteiger partial charge in [-0.15, -0.1) is 0 Å². The lowest BCUT2D eigenvalue weighted by atomic mass is 9.47. The van der Waals surface area contributed by atoms with Crippen molar-refractivity contribution in [2.24, 2.45) is 28.6 Å². The highest BCUT2D eigenvalue weighted by Crippen LogP contribution is 2.65. The fourth-order valence-electron chi connectivity index (χ4n) is 7.80. The van der Waals surface area contributed by atoms with E-state index in [1.54, 1.807) is 18.5 Å². The molecule has 5 rings (SSSR count). The van der Waals surface area contributed by atoms with Crippen LogP contribution in [-0.4, -0.2) is 34.8 Å². The minimum Gasteiger partial charge on any atom is -0.338 e. The van der Waals surface area contributed by atoms with Crippen LogP contribution in [0.25, 0.3) is 0 Å². The zero-order valence-electron chi connectivity index (χ0n) is 18.1. The molecular weight excluding hydrogens is 374 g/mol. The summed E-state index contributed by atoms with van der Waals surface area (Å²) in [5.41, 5.74) is 1.00. The molecule has 5 nitrogen and oxygen atoms in total. The third-order valence-corrected chi connectivity index (χ3v) is 9.11. The van der Waals surface area contributed by atoms with Gasteiger partial charge in [0.25, 0.3) is 0 Å². The highest BCUT2D eigenvalue weighted by molar-refractivity contribution is 5.91. The van der Waals surface area contributed by atoms with Gasteiger partial charge < -0.3 is 10.2 Å². The molecule has 0 radical (unpaired) electrons. The fourth-order valence-corrected chi connectivity index (χ4v) is 7.80. The van der Waals surface area contributed by atoms with E-state index in [0.29, 0.717) is 30.2 Å². The maximum absolute atomic E-state index is 13.0. The van der Waals surface area contributed by atoms with Gasteiger partial charge in [-0.2, -0.15) is 0 Å². The SMILES string of the molecule is CN1C(=O)C=C[C@@]2(C)C1CC[C@@H]1[C@H]2CC[C@]2(CC(=O)Nc3cccnc3)CCC[C@@H]12. The number of carbonyl (C=O) groups excluding carboxylic acids is 2. The summed E-state index contributed by atoms with van der Waals surface area (Å²) in [6, 6.07) is 4.08. The molecule has 0 spiro atoms. The molecule has 2 amide bonds. The molecule has 3 aliphatic carbocycles. The van der Waals surface area contributed by atoms with Crippen molar-refractivity contribution in [1.82, 2.24) is 9.88 Å². The van der Waals surface area contributed by atoms with Crippen molar-refractivity contribution < 1.29 is 9.59 Å². The minimum atomic E-state index is 0.0678. The van der Waals surface area contributed by atoms with Crippen LogP contribution in [0.3, 0.4) is 0 Å². The first-order valence-electron chi connectivity index (χ1n) is 11.6. The van der Waals surface area contributed by atoms with E-state index >= 15 is 0 Å². The van der Waals surface area contributed by atoms with E-state index in [0.717, 1.165) is 18.5 Å². The number of fused-ring (bicyclic) bond motifs is 5. The lowest BCUT2D eigenvalue weighted by Gasteiger charge is -2.60. The standard InChI is InChI=1S/C25H33N3O2/c1-24-12-10-23(30)28(2)21(24)8-7-18-19(24)9-13-25(11-3-6-20(18)25)15-22(29)27-17-5-4-14-26-16-17/h4-5,10,12,14,16,18-21H,3,6-9,11,13,15H2,1-2H3,(H,27,29)/t18-,19-,20+,21?,24-,25+/m1/s1. The molecule has 1 unspecified atom stereocenters. The molecule has 3 saturated carbocycles. The van der Waals surface area contributed by atoms with Crippen molar-refractivity contribution in [3.8, 4) is 0 Å². The van der Waals surface area contributed by atoms with Crippen LogP contribution in [0, 0.1) is 28.6 Å². The van der Waals surface area contributed by atoms with Crippen molar-refractivity contribution in [3.63, 3.8) is 0 Å². The third kappa shape index (κ3) is 3.00. The number of nitrogens with zero attached hydrogens (tertiary/aromatic N) is 2.